The van der Waals surface area contributed by atoms with Crippen molar-refractivity contribution >= 4 is 46.0 Å². The number of nitrogens with one attached hydrogen (secondary N) is 1. The quantitative estimate of drug-likeness (QED) is 0.452. The molecule has 0 fully saturated rings. The van der Waals surface area contributed by atoms with E-state index >= 15 is 0 Å². The van der Waals surface area contributed by atoms with E-state index in [1.807, 2.05) is 0 Å². The molecule has 2 aliphatic heterocycles. The van der Waals surface area contributed by atoms with Crippen LogP contribution in [0.3, 0.4) is 0 Å². The molecule has 0 atom stereocenters. The summed E-state index contributed by atoms with van der Waals surface area (Å²) in [6.45, 7) is 2.17. The number of ether oxygens (including phenoxy) is 1. The molecular formula is C18H13N5O5S. The average molecular weight is 411 g/mol. The van der Waals surface area contributed by atoms with E-state index in [-0.39, 0.29) is 34.2 Å². The fourth-order valence-corrected chi connectivity index (χ4v) is 3.39. The smallest absolute Gasteiger partial charge is 0.284 e. The number of carbonyl (C=O) groups excluding carboxylic acids is 1. The molecule has 2 aromatic rings. The van der Waals surface area contributed by atoms with Gasteiger partial charge in [0.25, 0.3) is 11.6 Å². The van der Waals surface area contributed by atoms with Crippen LogP contribution >= 0.6 is 11.8 Å². The number of nitrogens with zero attached hydrogens (tertiary/aromatic N) is 4. The number of carbonyl (C=O) groups is 1. The zero-order valence-corrected chi connectivity index (χ0v) is 15.8. The monoisotopic (exact) mass is 411 g/mol. The molecule has 0 spiro atoms. The summed E-state index contributed by atoms with van der Waals surface area (Å²) in [6.07, 6.45) is 1.37. The van der Waals surface area contributed by atoms with E-state index in [4.69, 9.17) is 14.6 Å². The zero-order valence-electron chi connectivity index (χ0n) is 15.0. The van der Waals surface area contributed by atoms with E-state index in [0.717, 1.165) is 11.8 Å². The molecule has 0 radical (unpaired) electrons. The van der Waals surface area contributed by atoms with Gasteiger partial charge in [0.15, 0.2) is 11.0 Å². The maximum Gasteiger partial charge on any atom is 0.284 e. The predicted molar refractivity (Wildman–Crippen MR) is 108 cm³/mol. The molecule has 29 heavy (non-hydrogen) atoms. The maximum absolute atomic E-state index is 12.2. The van der Waals surface area contributed by atoms with E-state index < -0.39 is 10.8 Å². The first-order valence-corrected chi connectivity index (χ1v) is 9.30. The summed E-state index contributed by atoms with van der Waals surface area (Å²) in [6, 6.07) is 7.61. The minimum absolute atomic E-state index is 0.00972. The van der Waals surface area contributed by atoms with Crippen LogP contribution in [0.15, 0.2) is 50.4 Å². The summed E-state index contributed by atoms with van der Waals surface area (Å²) in [7, 11) is 0. The molecule has 11 heteroatoms. The molecule has 1 aromatic heterocycles. The zero-order chi connectivity index (χ0) is 20.5. The first kappa shape index (κ1) is 18.6. The van der Waals surface area contributed by atoms with Crippen LogP contribution in [0.5, 0.6) is 5.75 Å². The van der Waals surface area contributed by atoms with Crippen LogP contribution in [-0.2, 0) is 4.79 Å². The Labute approximate surface area is 168 Å². The number of rotatable bonds is 5. The number of furan rings is 1. The summed E-state index contributed by atoms with van der Waals surface area (Å²) in [4.78, 5) is 27.1. The molecule has 0 unspecified atom stereocenters. The first-order valence-electron chi connectivity index (χ1n) is 8.42. The minimum atomic E-state index is -0.579. The number of hydrogen-bond acceptors (Lipinski definition) is 8. The van der Waals surface area contributed by atoms with Crippen LogP contribution in [0, 0.1) is 15.5 Å². The van der Waals surface area contributed by atoms with Crippen molar-refractivity contribution in [3.63, 3.8) is 0 Å². The van der Waals surface area contributed by atoms with Crippen molar-refractivity contribution in [3.8, 4) is 17.1 Å². The number of thioether (sulfide) groups is 1. The fourth-order valence-electron chi connectivity index (χ4n) is 2.78. The molecule has 0 aliphatic carbocycles. The summed E-state index contributed by atoms with van der Waals surface area (Å²) in [5, 5.41) is 25.2. The van der Waals surface area contributed by atoms with Crippen LogP contribution in [-0.4, -0.2) is 39.0 Å². The molecule has 146 valence electrons. The SMILES string of the molecule is CCOc1ccc(-c2ccc(/C=C3\C(=N)N4N=CSC4=NC3=O)o2)c([N+](=O)[O-])c1. The number of amides is 1. The number of hydrazone groups is 1. The number of hydrogen-bond donors (Lipinski definition) is 1. The van der Waals surface area contributed by atoms with Gasteiger partial charge in [0, 0.05) is 0 Å². The topological polar surface area (TPSA) is 134 Å². The summed E-state index contributed by atoms with van der Waals surface area (Å²) in [5.41, 5.74) is 1.60. The molecule has 0 saturated heterocycles. The van der Waals surface area contributed by atoms with E-state index in [2.05, 4.69) is 10.1 Å². The Hall–Kier alpha value is -3.73. The molecule has 1 amide bonds. The highest BCUT2D eigenvalue weighted by molar-refractivity contribution is 8.25. The third kappa shape index (κ3) is 3.43. The van der Waals surface area contributed by atoms with Gasteiger partial charge in [-0.2, -0.15) is 15.1 Å². The third-order valence-corrected chi connectivity index (χ3v) is 4.73. The van der Waals surface area contributed by atoms with E-state index in [1.165, 1.54) is 22.7 Å². The third-order valence-electron chi connectivity index (χ3n) is 4.05. The van der Waals surface area contributed by atoms with Crippen molar-refractivity contribution in [1.82, 2.24) is 5.01 Å². The van der Waals surface area contributed by atoms with Gasteiger partial charge in [-0.1, -0.05) is 0 Å². The molecule has 1 aromatic carbocycles. The Morgan fingerprint density at radius 1 is 1.38 bits per heavy atom. The van der Waals surface area contributed by atoms with E-state index in [0.29, 0.717) is 17.5 Å². The number of amidine groups is 2. The first-order chi connectivity index (χ1) is 14.0. The average Bonchev–Trinajstić information content (AvgIpc) is 3.35. The van der Waals surface area contributed by atoms with Gasteiger partial charge < -0.3 is 9.15 Å². The number of benzene rings is 1. The van der Waals surface area contributed by atoms with Crippen molar-refractivity contribution in [1.29, 1.82) is 5.41 Å². The lowest BCUT2D eigenvalue weighted by Gasteiger charge is -2.19. The van der Waals surface area contributed by atoms with Crippen LogP contribution in [0.4, 0.5) is 5.69 Å². The molecule has 0 bridgehead atoms. The van der Waals surface area contributed by atoms with Crippen molar-refractivity contribution < 1.29 is 18.9 Å². The van der Waals surface area contributed by atoms with Crippen LogP contribution in [0.2, 0.25) is 0 Å². The molecule has 2 aliphatic rings. The van der Waals surface area contributed by atoms with Gasteiger partial charge in [-0.15, -0.1) is 0 Å². The van der Waals surface area contributed by atoms with Gasteiger partial charge in [-0.3, -0.25) is 20.3 Å². The Morgan fingerprint density at radius 2 is 2.21 bits per heavy atom. The standard InChI is InChI=1S/C18H13N5O5S/c1-2-27-10-3-5-12(14(8-10)23(25)26)15-6-4-11(28-15)7-13-16(19)22-18(21-17(13)24)29-9-20-22/h3-9,19H,2H2,1H3/b13-7+,19-16?. The highest BCUT2D eigenvalue weighted by atomic mass is 32.2. The van der Waals surface area contributed by atoms with E-state index in [9.17, 15) is 14.9 Å². The van der Waals surface area contributed by atoms with Crippen molar-refractivity contribution in [2.24, 2.45) is 10.1 Å². The maximum atomic E-state index is 12.2. The molecular weight excluding hydrogens is 398 g/mol. The summed E-state index contributed by atoms with van der Waals surface area (Å²) in [5.74, 6) is 0.192. The largest absolute Gasteiger partial charge is 0.494 e. The Bertz CT molecular complexity index is 1130. The minimum Gasteiger partial charge on any atom is -0.494 e. The van der Waals surface area contributed by atoms with Crippen molar-refractivity contribution in [2.75, 3.05) is 6.61 Å². The molecule has 4 rings (SSSR count). The van der Waals surface area contributed by atoms with Gasteiger partial charge >= 0.3 is 0 Å². The van der Waals surface area contributed by atoms with Crippen molar-refractivity contribution in [2.45, 2.75) is 6.92 Å². The second-order valence-corrected chi connectivity index (χ2v) is 6.64. The lowest BCUT2D eigenvalue weighted by atomic mass is 10.1. The number of nitro benzene ring substituents is 1. The van der Waals surface area contributed by atoms with Crippen LogP contribution < -0.4 is 4.74 Å². The normalized spacial score (nSPS) is 16.9. The Morgan fingerprint density at radius 3 is 2.97 bits per heavy atom. The molecule has 3 heterocycles. The lowest BCUT2D eigenvalue weighted by Crippen LogP contribution is -2.35. The second kappa shape index (κ2) is 7.36. The summed E-state index contributed by atoms with van der Waals surface area (Å²) >= 11 is 1.15. The molecule has 1 N–H and O–H groups in total. The number of fused-ring (bicyclic) bond motifs is 1. The number of aliphatic imine (C=N–C) groups is 1. The van der Waals surface area contributed by atoms with Gasteiger partial charge in [-0.25, -0.2) is 0 Å². The highest BCUT2D eigenvalue weighted by Gasteiger charge is 2.32. The number of nitro groups is 1. The lowest BCUT2D eigenvalue weighted by molar-refractivity contribution is -0.384. The Kier molecular flexibility index (Phi) is 4.72. The van der Waals surface area contributed by atoms with Crippen LogP contribution in [0.25, 0.3) is 17.4 Å². The predicted octanol–water partition coefficient (Wildman–Crippen LogP) is 3.50. The summed E-state index contributed by atoms with van der Waals surface area (Å²) < 4.78 is 11.0. The molecule has 10 nitrogen and oxygen atoms in total. The molecule has 0 saturated carbocycles. The van der Waals surface area contributed by atoms with E-state index in [1.54, 1.807) is 31.2 Å². The van der Waals surface area contributed by atoms with Gasteiger partial charge in [0.2, 0.25) is 0 Å². The Balaban J connectivity index is 1.68. The van der Waals surface area contributed by atoms with Gasteiger partial charge in [0.1, 0.15) is 17.3 Å². The van der Waals surface area contributed by atoms with Gasteiger partial charge in [-0.05, 0) is 49.0 Å². The second-order valence-electron chi connectivity index (χ2n) is 5.83. The fraction of sp³-hybridized carbons (Fsp3) is 0.111. The van der Waals surface area contributed by atoms with Crippen LogP contribution in [0.1, 0.15) is 12.7 Å². The highest BCUT2D eigenvalue weighted by Crippen LogP contribution is 2.35. The van der Waals surface area contributed by atoms with Crippen molar-refractivity contribution in [3.05, 3.63) is 51.8 Å². The van der Waals surface area contributed by atoms with Gasteiger partial charge in [0.05, 0.1) is 34.3 Å².